The molecule has 17 heavy (non-hydrogen) atoms. The lowest BCUT2D eigenvalue weighted by atomic mass is 10.4. The SMILES string of the molecule is CCc1nnc(CSc2nnnn2C(C)C)o1. The van der Waals surface area contributed by atoms with Gasteiger partial charge in [0.2, 0.25) is 16.9 Å². The molecule has 0 aliphatic heterocycles. The third-order valence-electron chi connectivity index (χ3n) is 2.09. The minimum atomic E-state index is 0.237. The van der Waals surface area contributed by atoms with Crippen LogP contribution in [0.2, 0.25) is 0 Å². The van der Waals surface area contributed by atoms with Crippen molar-refractivity contribution in [1.29, 1.82) is 0 Å². The molecule has 7 nitrogen and oxygen atoms in total. The van der Waals surface area contributed by atoms with Gasteiger partial charge in [0, 0.05) is 6.42 Å². The molecule has 8 heteroatoms. The van der Waals surface area contributed by atoms with Gasteiger partial charge in [-0.15, -0.1) is 15.3 Å². The van der Waals surface area contributed by atoms with Crippen LogP contribution in [0, 0.1) is 0 Å². The highest BCUT2D eigenvalue weighted by Crippen LogP contribution is 2.21. The number of rotatable bonds is 5. The largest absolute Gasteiger partial charge is 0.424 e. The van der Waals surface area contributed by atoms with E-state index in [1.165, 1.54) is 11.8 Å². The van der Waals surface area contributed by atoms with Gasteiger partial charge in [-0.25, -0.2) is 4.68 Å². The molecule has 0 aromatic carbocycles. The maximum absolute atomic E-state index is 5.41. The molecule has 2 aromatic rings. The third-order valence-corrected chi connectivity index (χ3v) is 3.01. The smallest absolute Gasteiger partial charge is 0.226 e. The number of hydrogen-bond acceptors (Lipinski definition) is 7. The van der Waals surface area contributed by atoms with Crippen molar-refractivity contribution in [1.82, 2.24) is 30.4 Å². The van der Waals surface area contributed by atoms with Crippen molar-refractivity contribution >= 4 is 11.8 Å². The maximum Gasteiger partial charge on any atom is 0.226 e. The first-order valence-corrected chi connectivity index (χ1v) is 6.41. The molecule has 0 N–H and O–H groups in total. The zero-order chi connectivity index (χ0) is 12.3. The van der Waals surface area contributed by atoms with Crippen LogP contribution in [0.3, 0.4) is 0 Å². The van der Waals surface area contributed by atoms with Gasteiger partial charge in [0.15, 0.2) is 0 Å². The lowest BCUT2D eigenvalue weighted by Gasteiger charge is -2.05. The molecule has 0 unspecified atom stereocenters. The van der Waals surface area contributed by atoms with Gasteiger partial charge in [-0.1, -0.05) is 18.7 Å². The van der Waals surface area contributed by atoms with Crippen molar-refractivity contribution in [2.45, 2.75) is 44.1 Å². The Labute approximate surface area is 103 Å². The van der Waals surface area contributed by atoms with Gasteiger partial charge >= 0.3 is 0 Å². The average Bonchev–Trinajstić information content (AvgIpc) is 2.95. The minimum absolute atomic E-state index is 0.237. The second-order valence-electron chi connectivity index (χ2n) is 3.73. The molecule has 0 fully saturated rings. The molecule has 0 saturated carbocycles. The Balaban J connectivity index is 1.99. The summed E-state index contributed by atoms with van der Waals surface area (Å²) in [6.45, 7) is 6.04. The fourth-order valence-electron chi connectivity index (χ4n) is 1.22. The Bertz CT molecular complexity index is 479. The lowest BCUT2D eigenvalue weighted by molar-refractivity contribution is 0.466. The Kier molecular flexibility index (Phi) is 3.72. The van der Waals surface area contributed by atoms with Crippen LogP contribution >= 0.6 is 11.8 Å². The molecule has 2 aromatic heterocycles. The van der Waals surface area contributed by atoms with Crippen molar-refractivity contribution in [2.75, 3.05) is 0 Å². The highest BCUT2D eigenvalue weighted by Gasteiger charge is 2.12. The molecule has 0 aliphatic carbocycles. The second-order valence-corrected chi connectivity index (χ2v) is 4.67. The van der Waals surface area contributed by atoms with E-state index in [2.05, 4.69) is 25.7 Å². The van der Waals surface area contributed by atoms with E-state index in [1.54, 1.807) is 4.68 Å². The zero-order valence-electron chi connectivity index (χ0n) is 9.99. The van der Waals surface area contributed by atoms with Crippen molar-refractivity contribution in [3.05, 3.63) is 11.8 Å². The highest BCUT2D eigenvalue weighted by atomic mass is 32.2. The van der Waals surface area contributed by atoms with Gasteiger partial charge < -0.3 is 4.42 Å². The summed E-state index contributed by atoms with van der Waals surface area (Å²) in [5.41, 5.74) is 0. The molecular weight excluding hydrogens is 240 g/mol. The summed E-state index contributed by atoms with van der Waals surface area (Å²) in [6.07, 6.45) is 0.751. The quantitative estimate of drug-likeness (QED) is 0.747. The summed E-state index contributed by atoms with van der Waals surface area (Å²) in [5.74, 6) is 1.84. The van der Waals surface area contributed by atoms with Crippen LogP contribution in [-0.2, 0) is 12.2 Å². The topological polar surface area (TPSA) is 82.5 Å². The number of hydrogen-bond donors (Lipinski definition) is 0. The van der Waals surface area contributed by atoms with Gasteiger partial charge in [0.05, 0.1) is 11.8 Å². The van der Waals surface area contributed by atoms with Crippen LogP contribution in [0.5, 0.6) is 0 Å². The van der Waals surface area contributed by atoms with Crippen molar-refractivity contribution in [3.63, 3.8) is 0 Å². The Hall–Kier alpha value is -1.44. The van der Waals surface area contributed by atoms with Gasteiger partial charge in [-0.2, -0.15) is 0 Å². The first-order valence-electron chi connectivity index (χ1n) is 5.42. The number of nitrogens with zero attached hydrogens (tertiary/aromatic N) is 6. The summed E-state index contributed by atoms with van der Waals surface area (Å²) < 4.78 is 7.18. The third kappa shape index (κ3) is 2.82. The van der Waals surface area contributed by atoms with Crippen LogP contribution in [0.4, 0.5) is 0 Å². The summed E-state index contributed by atoms with van der Waals surface area (Å²) >= 11 is 1.49. The zero-order valence-corrected chi connectivity index (χ0v) is 10.8. The molecule has 0 bridgehead atoms. The molecule has 2 heterocycles. The number of aryl methyl sites for hydroxylation is 1. The average molecular weight is 254 g/mol. The molecular formula is C9H14N6OS. The predicted molar refractivity (Wildman–Crippen MR) is 61.4 cm³/mol. The van der Waals surface area contributed by atoms with Gasteiger partial charge in [-0.05, 0) is 24.3 Å². The molecule has 2 rings (SSSR count). The Morgan fingerprint density at radius 1 is 1.24 bits per heavy atom. The van der Waals surface area contributed by atoms with E-state index in [9.17, 15) is 0 Å². The van der Waals surface area contributed by atoms with Crippen LogP contribution in [0.25, 0.3) is 0 Å². The van der Waals surface area contributed by atoms with Crippen molar-refractivity contribution in [3.8, 4) is 0 Å². The summed E-state index contributed by atoms with van der Waals surface area (Å²) in [6, 6.07) is 0.237. The van der Waals surface area contributed by atoms with E-state index >= 15 is 0 Å². The van der Waals surface area contributed by atoms with Crippen molar-refractivity contribution < 1.29 is 4.42 Å². The van der Waals surface area contributed by atoms with E-state index < -0.39 is 0 Å². The van der Waals surface area contributed by atoms with E-state index in [0.717, 1.165) is 11.6 Å². The van der Waals surface area contributed by atoms with E-state index in [0.29, 0.717) is 17.5 Å². The highest BCUT2D eigenvalue weighted by molar-refractivity contribution is 7.98. The molecule has 0 radical (unpaired) electrons. The van der Waals surface area contributed by atoms with Crippen LogP contribution < -0.4 is 0 Å². The Morgan fingerprint density at radius 3 is 2.65 bits per heavy atom. The molecule has 0 aliphatic rings. The first kappa shape index (κ1) is 12.0. The van der Waals surface area contributed by atoms with Crippen LogP contribution in [-0.4, -0.2) is 30.4 Å². The molecule has 0 saturated heterocycles. The summed E-state index contributed by atoms with van der Waals surface area (Å²) in [5, 5.41) is 20.1. The molecule has 92 valence electrons. The second kappa shape index (κ2) is 5.26. The number of tetrazole rings is 1. The maximum atomic E-state index is 5.41. The minimum Gasteiger partial charge on any atom is -0.424 e. The van der Waals surface area contributed by atoms with E-state index in [4.69, 9.17) is 4.42 Å². The Morgan fingerprint density at radius 2 is 2.00 bits per heavy atom. The van der Waals surface area contributed by atoms with Crippen LogP contribution in [0.15, 0.2) is 9.57 Å². The molecule has 0 amide bonds. The summed E-state index contributed by atoms with van der Waals surface area (Å²) in [7, 11) is 0. The van der Waals surface area contributed by atoms with Gasteiger partial charge in [-0.3, -0.25) is 0 Å². The predicted octanol–water partition coefficient (Wildman–Crippen LogP) is 1.49. The molecule has 0 atom stereocenters. The fraction of sp³-hybridized carbons (Fsp3) is 0.667. The first-order chi connectivity index (χ1) is 8.20. The summed E-state index contributed by atoms with van der Waals surface area (Å²) in [4.78, 5) is 0. The van der Waals surface area contributed by atoms with Gasteiger partial charge in [0.1, 0.15) is 0 Å². The number of thioether (sulfide) groups is 1. The number of aromatic nitrogens is 6. The fourth-order valence-corrected chi connectivity index (χ4v) is 2.06. The lowest BCUT2D eigenvalue weighted by Crippen LogP contribution is -2.04. The van der Waals surface area contributed by atoms with Crippen LogP contribution in [0.1, 0.15) is 38.6 Å². The van der Waals surface area contributed by atoms with Gasteiger partial charge in [0.25, 0.3) is 0 Å². The van der Waals surface area contributed by atoms with E-state index in [1.807, 2.05) is 20.8 Å². The van der Waals surface area contributed by atoms with E-state index in [-0.39, 0.29) is 6.04 Å². The van der Waals surface area contributed by atoms with Crippen molar-refractivity contribution in [2.24, 2.45) is 0 Å². The molecule has 0 spiro atoms. The monoisotopic (exact) mass is 254 g/mol. The normalized spacial score (nSPS) is 11.3. The standard InChI is InChI=1S/C9H14N6OS/c1-4-7-10-11-8(16-7)5-17-9-12-13-14-15(9)6(2)3/h6H,4-5H2,1-3H3.